The molecular formula is C12H15NO7S3. The van der Waals surface area contributed by atoms with Gasteiger partial charge in [0.05, 0.1) is 23.8 Å². The summed E-state index contributed by atoms with van der Waals surface area (Å²) in [4.78, 5) is -0.432. The largest absolute Gasteiger partial charge is 0.744 e. The first-order chi connectivity index (χ1) is 10.5. The van der Waals surface area contributed by atoms with Crippen LogP contribution in [0, 0.1) is 6.92 Å². The third-order valence-electron chi connectivity index (χ3n) is 3.23. The number of hydrogen-bond donors (Lipinski definition) is 1. The Balaban J connectivity index is 2.50. The van der Waals surface area contributed by atoms with E-state index in [-0.39, 0.29) is 17.9 Å². The number of rotatable bonds is 6. The summed E-state index contributed by atoms with van der Waals surface area (Å²) < 4.78 is 71.6. The molecule has 0 radical (unpaired) electrons. The highest BCUT2D eigenvalue weighted by atomic mass is 32.2. The molecular weight excluding hydrogens is 366 g/mol. The van der Waals surface area contributed by atoms with E-state index in [1.54, 1.807) is 11.5 Å². The molecule has 0 fully saturated rings. The van der Waals surface area contributed by atoms with E-state index in [0.29, 0.717) is 16.8 Å². The molecule has 11 heteroatoms. The van der Waals surface area contributed by atoms with Crippen LogP contribution in [0.25, 0.3) is 10.2 Å². The van der Waals surface area contributed by atoms with Crippen LogP contribution in [0.4, 0.5) is 0 Å². The molecule has 0 unspecified atom stereocenters. The molecule has 2 aromatic rings. The standard InChI is InChI=1S/C12H15NO7S3/c1-8-13(4-3-5-22(14,15)16)9-6-10(20-2)12(23(17,18)19)7-11(9)21-8/h6-7H,3-5H2,1-2H3,(H-,14,15,16,17,18,19). The Morgan fingerprint density at radius 1 is 1.30 bits per heavy atom. The van der Waals surface area contributed by atoms with Gasteiger partial charge in [-0.25, -0.2) is 8.42 Å². The summed E-state index contributed by atoms with van der Waals surface area (Å²) in [6, 6.07) is 2.70. The number of aryl methyl sites for hydroxylation is 2. The van der Waals surface area contributed by atoms with Crippen molar-refractivity contribution < 1.29 is 35.2 Å². The van der Waals surface area contributed by atoms with E-state index in [4.69, 9.17) is 9.29 Å². The fraction of sp³-hybridized carbons (Fsp3) is 0.417. The number of hydrogen-bond acceptors (Lipinski definition) is 7. The molecule has 0 atom stereocenters. The number of methoxy groups -OCH3 is 1. The number of aromatic nitrogens is 1. The predicted octanol–water partition coefficient (Wildman–Crippen LogP) is 0.688. The summed E-state index contributed by atoms with van der Waals surface area (Å²) in [6.07, 6.45) is 0.195. The average molecular weight is 381 g/mol. The topological polar surface area (TPSA) is 125 Å². The Kier molecular flexibility index (Phi) is 4.97. The summed E-state index contributed by atoms with van der Waals surface area (Å²) in [5, 5.41) is 0.804. The zero-order chi connectivity index (χ0) is 17.4. The monoisotopic (exact) mass is 381 g/mol. The first-order valence-corrected chi connectivity index (χ1v) is 10.3. The lowest BCUT2D eigenvalue weighted by Crippen LogP contribution is -2.35. The van der Waals surface area contributed by atoms with Gasteiger partial charge in [0.25, 0.3) is 10.1 Å². The molecule has 0 saturated heterocycles. The van der Waals surface area contributed by atoms with E-state index >= 15 is 0 Å². The molecule has 1 heterocycles. The lowest BCUT2D eigenvalue weighted by molar-refractivity contribution is -0.672. The van der Waals surface area contributed by atoms with Crippen LogP contribution in [0.3, 0.4) is 0 Å². The molecule has 1 N–H and O–H groups in total. The SMILES string of the molecule is COc1cc2c(cc1S(=O)(=O)[O-])sc(C)[n+]2CCCS(=O)(=O)O. The quantitative estimate of drug-likeness (QED) is 0.576. The average Bonchev–Trinajstić information content (AvgIpc) is 2.70. The first kappa shape index (κ1) is 18.1. The van der Waals surface area contributed by atoms with Crippen molar-refractivity contribution in [2.45, 2.75) is 24.8 Å². The van der Waals surface area contributed by atoms with Crippen molar-refractivity contribution in [2.75, 3.05) is 12.9 Å². The zero-order valence-corrected chi connectivity index (χ0v) is 14.8. The summed E-state index contributed by atoms with van der Waals surface area (Å²) in [5.41, 5.74) is 0.632. The fourth-order valence-corrected chi connectivity index (χ4v) is 4.53. The van der Waals surface area contributed by atoms with Crippen LogP contribution in [0.1, 0.15) is 11.4 Å². The third-order valence-corrected chi connectivity index (χ3v) is 5.95. The van der Waals surface area contributed by atoms with Gasteiger partial charge in [0, 0.05) is 13.3 Å². The Bertz CT molecular complexity index is 945. The maximum atomic E-state index is 11.3. The van der Waals surface area contributed by atoms with E-state index in [1.165, 1.54) is 30.6 Å². The van der Waals surface area contributed by atoms with Gasteiger partial charge in [-0.1, -0.05) is 11.3 Å². The predicted molar refractivity (Wildman–Crippen MR) is 82.3 cm³/mol. The normalized spacial score (nSPS) is 12.7. The highest BCUT2D eigenvalue weighted by molar-refractivity contribution is 7.86. The van der Waals surface area contributed by atoms with E-state index in [9.17, 15) is 21.4 Å². The van der Waals surface area contributed by atoms with E-state index in [0.717, 1.165) is 5.01 Å². The zero-order valence-electron chi connectivity index (χ0n) is 12.3. The summed E-state index contributed by atoms with van der Waals surface area (Å²) in [5.74, 6) is -0.435. The van der Waals surface area contributed by atoms with Gasteiger partial charge in [0.1, 0.15) is 20.6 Å². The maximum Gasteiger partial charge on any atom is 0.265 e. The van der Waals surface area contributed by atoms with Gasteiger partial charge in [0.2, 0.25) is 10.5 Å². The Morgan fingerprint density at radius 2 is 1.96 bits per heavy atom. The van der Waals surface area contributed by atoms with Crippen molar-refractivity contribution in [3.8, 4) is 5.75 Å². The van der Waals surface area contributed by atoms with Crippen molar-refractivity contribution >= 4 is 41.8 Å². The van der Waals surface area contributed by atoms with Gasteiger partial charge in [-0.3, -0.25) is 4.55 Å². The van der Waals surface area contributed by atoms with E-state index in [2.05, 4.69) is 0 Å². The smallest absolute Gasteiger partial charge is 0.265 e. The molecule has 128 valence electrons. The molecule has 0 aliphatic carbocycles. The van der Waals surface area contributed by atoms with Gasteiger partial charge < -0.3 is 9.29 Å². The van der Waals surface area contributed by atoms with Crippen LogP contribution in [0.2, 0.25) is 0 Å². The second-order valence-electron chi connectivity index (χ2n) is 4.84. The number of benzene rings is 1. The Labute approximate surface area is 137 Å². The van der Waals surface area contributed by atoms with E-state index < -0.39 is 25.1 Å². The van der Waals surface area contributed by atoms with Gasteiger partial charge in [-0.05, 0) is 6.07 Å². The molecule has 8 nitrogen and oxygen atoms in total. The highest BCUT2D eigenvalue weighted by Crippen LogP contribution is 2.31. The molecule has 0 aliphatic rings. The molecule has 23 heavy (non-hydrogen) atoms. The number of nitrogens with zero attached hydrogens (tertiary/aromatic N) is 1. The van der Waals surface area contributed by atoms with E-state index in [1.807, 2.05) is 0 Å². The van der Waals surface area contributed by atoms with Crippen molar-refractivity contribution in [1.29, 1.82) is 0 Å². The minimum Gasteiger partial charge on any atom is -0.744 e. The minimum absolute atomic E-state index is 0.0613. The number of fused-ring (bicyclic) bond motifs is 1. The Hall–Kier alpha value is -1.27. The van der Waals surface area contributed by atoms with Crippen molar-refractivity contribution in [1.82, 2.24) is 0 Å². The van der Waals surface area contributed by atoms with Crippen LogP contribution in [0.15, 0.2) is 17.0 Å². The van der Waals surface area contributed by atoms with Gasteiger partial charge in [-0.2, -0.15) is 13.0 Å². The number of ether oxygens (including phenoxy) is 1. The molecule has 0 bridgehead atoms. The molecule has 0 amide bonds. The molecule has 2 rings (SSSR count). The molecule has 0 saturated carbocycles. The van der Waals surface area contributed by atoms with Crippen LogP contribution >= 0.6 is 11.3 Å². The van der Waals surface area contributed by atoms with Gasteiger partial charge >= 0.3 is 0 Å². The second-order valence-corrected chi connectivity index (χ2v) is 8.99. The third kappa shape index (κ3) is 4.18. The van der Waals surface area contributed by atoms with Crippen molar-refractivity contribution in [3.05, 3.63) is 17.1 Å². The maximum absolute atomic E-state index is 11.3. The van der Waals surface area contributed by atoms with Crippen LogP contribution in [-0.2, 0) is 26.8 Å². The lowest BCUT2D eigenvalue weighted by atomic mass is 10.3. The minimum atomic E-state index is -4.67. The molecule has 1 aromatic carbocycles. The van der Waals surface area contributed by atoms with Crippen LogP contribution < -0.4 is 9.30 Å². The molecule has 0 aliphatic heterocycles. The first-order valence-electron chi connectivity index (χ1n) is 6.45. The lowest BCUT2D eigenvalue weighted by Gasteiger charge is -2.11. The summed E-state index contributed by atoms with van der Waals surface area (Å²) in [7, 11) is -7.44. The van der Waals surface area contributed by atoms with Gasteiger partial charge in [0.15, 0.2) is 6.54 Å². The summed E-state index contributed by atoms with van der Waals surface area (Å²) >= 11 is 1.28. The van der Waals surface area contributed by atoms with Crippen molar-refractivity contribution in [3.63, 3.8) is 0 Å². The Morgan fingerprint density at radius 3 is 2.48 bits per heavy atom. The molecule has 0 spiro atoms. The van der Waals surface area contributed by atoms with Crippen LogP contribution in [0.5, 0.6) is 5.75 Å². The summed E-state index contributed by atoms with van der Waals surface area (Å²) in [6.45, 7) is 2.11. The van der Waals surface area contributed by atoms with Crippen molar-refractivity contribution in [2.24, 2.45) is 0 Å². The molecule has 1 aromatic heterocycles. The highest BCUT2D eigenvalue weighted by Gasteiger charge is 2.22. The van der Waals surface area contributed by atoms with Crippen LogP contribution in [-0.4, -0.2) is 38.8 Å². The second kappa shape index (κ2) is 6.32. The fourth-order valence-electron chi connectivity index (χ4n) is 2.24. The van der Waals surface area contributed by atoms with Gasteiger partial charge in [-0.15, -0.1) is 0 Å². The number of thiazole rings is 1.